The van der Waals surface area contributed by atoms with Gasteiger partial charge in [0.15, 0.2) is 0 Å². The van der Waals surface area contributed by atoms with Gasteiger partial charge >= 0.3 is 0 Å². The maximum absolute atomic E-state index is 13.0. The topological polar surface area (TPSA) is 29.3 Å². The van der Waals surface area contributed by atoms with E-state index in [2.05, 4.69) is 11.8 Å². The maximum Gasteiger partial charge on any atom is 0.123 e. The van der Waals surface area contributed by atoms with Gasteiger partial charge in [-0.2, -0.15) is 0 Å². The van der Waals surface area contributed by atoms with Crippen molar-refractivity contribution in [2.75, 3.05) is 13.1 Å². The lowest BCUT2D eigenvalue weighted by Crippen LogP contribution is -2.54. The lowest BCUT2D eigenvalue weighted by atomic mass is 9.78. The summed E-state index contributed by atoms with van der Waals surface area (Å²) in [6.45, 7) is 4.54. The molecule has 0 spiro atoms. The van der Waals surface area contributed by atoms with Crippen LogP contribution in [0.4, 0.5) is 4.39 Å². The van der Waals surface area contributed by atoms with Crippen LogP contribution in [0.15, 0.2) is 24.3 Å². The second kappa shape index (κ2) is 5.82. The third kappa shape index (κ3) is 3.21. The van der Waals surface area contributed by atoms with Crippen molar-refractivity contribution in [3.63, 3.8) is 0 Å². The summed E-state index contributed by atoms with van der Waals surface area (Å²) in [7, 11) is 0. The molecule has 20 heavy (non-hydrogen) atoms. The minimum Gasteiger partial charge on any atom is -0.327 e. The van der Waals surface area contributed by atoms with Gasteiger partial charge in [-0.3, -0.25) is 4.90 Å². The molecule has 0 radical (unpaired) electrons. The summed E-state index contributed by atoms with van der Waals surface area (Å²) in [5.41, 5.74) is 7.47. The fraction of sp³-hybridized carbons (Fsp3) is 0.647. The molecule has 2 unspecified atom stereocenters. The highest BCUT2D eigenvalue weighted by Crippen LogP contribution is 2.34. The molecule has 3 rings (SSSR count). The summed E-state index contributed by atoms with van der Waals surface area (Å²) in [5.74, 6) is 1.34. The van der Waals surface area contributed by atoms with Crippen molar-refractivity contribution in [3.05, 3.63) is 35.6 Å². The van der Waals surface area contributed by atoms with E-state index in [0.717, 1.165) is 37.9 Å². The molecule has 1 aromatic carbocycles. The number of likely N-dealkylation sites (tertiary alicyclic amines) is 1. The largest absolute Gasteiger partial charge is 0.327 e. The molecule has 0 bridgehead atoms. The van der Waals surface area contributed by atoms with E-state index in [-0.39, 0.29) is 5.82 Å². The predicted molar refractivity (Wildman–Crippen MR) is 79.9 cm³/mol. The van der Waals surface area contributed by atoms with Crippen molar-refractivity contribution in [1.29, 1.82) is 0 Å². The number of hydrogen-bond acceptors (Lipinski definition) is 2. The molecule has 1 heterocycles. The van der Waals surface area contributed by atoms with Crippen LogP contribution in [0.3, 0.4) is 0 Å². The molecular weight excluding hydrogens is 251 g/mol. The molecule has 1 aromatic rings. The first-order chi connectivity index (χ1) is 9.60. The smallest absolute Gasteiger partial charge is 0.123 e. The molecule has 2 fully saturated rings. The predicted octanol–water partition coefficient (Wildman–Crippen LogP) is 2.82. The highest BCUT2D eigenvalue weighted by Gasteiger charge is 2.35. The van der Waals surface area contributed by atoms with Crippen molar-refractivity contribution in [2.45, 2.75) is 44.7 Å². The van der Waals surface area contributed by atoms with Crippen LogP contribution in [-0.2, 0) is 6.42 Å². The molecule has 2 atom stereocenters. The highest BCUT2D eigenvalue weighted by molar-refractivity contribution is 5.17. The number of piperidine rings is 1. The number of nitrogens with two attached hydrogens (primary N) is 1. The van der Waals surface area contributed by atoms with E-state index >= 15 is 0 Å². The number of rotatable bonds is 3. The quantitative estimate of drug-likeness (QED) is 0.920. The van der Waals surface area contributed by atoms with Crippen molar-refractivity contribution < 1.29 is 4.39 Å². The second-order valence-electron chi connectivity index (χ2n) is 6.88. The van der Waals surface area contributed by atoms with Crippen molar-refractivity contribution in [2.24, 2.45) is 17.6 Å². The Hall–Kier alpha value is -0.930. The second-order valence-corrected chi connectivity index (χ2v) is 6.88. The first-order valence-corrected chi connectivity index (χ1v) is 7.84. The highest BCUT2D eigenvalue weighted by atomic mass is 19.1. The number of nitrogens with zero attached hydrogens (tertiary/aromatic N) is 1. The zero-order valence-electron chi connectivity index (χ0n) is 12.3. The normalized spacial score (nSPS) is 34.8. The average Bonchev–Trinajstić information content (AvgIpc) is 2.37. The molecule has 110 valence electrons. The SMILES string of the molecule is CC1CC(N2CC(N)CC(Cc3ccc(F)cc3)C2)C1. The summed E-state index contributed by atoms with van der Waals surface area (Å²) < 4.78 is 13.0. The van der Waals surface area contributed by atoms with Crippen LogP contribution in [0.2, 0.25) is 0 Å². The van der Waals surface area contributed by atoms with Crippen LogP contribution in [0.1, 0.15) is 31.7 Å². The maximum atomic E-state index is 13.0. The van der Waals surface area contributed by atoms with Crippen LogP contribution in [0, 0.1) is 17.7 Å². The van der Waals surface area contributed by atoms with Crippen LogP contribution in [-0.4, -0.2) is 30.1 Å². The average molecular weight is 276 g/mol. The van der Waals surface area contributed by atoms with E-state index in [1.54, 1.807) is 12.1 Å². The molecule has 0 aromatic heterocycles. The van der Waals surface area contributed by atoms with Crippen LogP contribution in [0.25, 0.3) is 0 Å². The molecule has 2 N–H and O–H groups in total. The van der Waals surface area contributed by atoms with Gasteiger partial charge < -0.3 is 5.73 Å². The summed E-state index contributed by atoms with van der Waals surface area (Å²) in [6, 6.07) is 7.99. The van der Waals surface area contributed by atoms with Gasteiger partial charge in [0.2, 0.25) is 0 Å². The summed E-state index contributed by atoms with van der Waals surface area (Å²) >= 11 is 0. The summed E-state index contributed by atoms with van der Waals surface area (Å²) in [6.07, 6.45) is 4.77. The lowest BCUT2D eigenvalue weighted by molar-refractivity contribution is 0.0402. The first-order valence-electron chi connectivity index (χ1n) is 7.84. The molecule has 1 saturated carbocycles. The fourth-order valence-corrected chi connectivity index (χ4v) is 3.84. The monoisotopic (exact) mass is 276 g/mol. The minimum atomic E-state index is -0.154. The van der Waals surface area contributed by atoms with E-state index in [1.807, 2.05) is 12.1 Å². The van der Waals surface area contributed by atoms with E-state index in [1.165, 1.54) is 18.4 Å². The first kappa shape index (κ1) is 14.0. The Bertz CT molecular complexity index is 439. The zero-order valence-corrected chi connectivity index (χ0v) is 12.3. The van der Waals surface area contributed by atoms with Crippen LogP contribution in [0.5, 0.6) is 0 Å². The van der Waals surface area contributed by atoms with Crippen LogP contribution < -0.4 is 5.73 Å². The van der Waals surface area contributed by atoms with E-state index in [0.29, 0.717) is 12.0 Å². The standard InChI is InChI=1S/C17H25FN2/c1-12-6-17(7-12)20-10-14(9-16(19)11-20)8-13-2-4-15(18)5-3-13/h2-5,12,14,16-17H,6-11,19H2,1H3. The van der Waals surface area contributed by atoms with E-state index < -0.39 is 0 Å². The van der Waals surface area contributed by atoms with E-state index in [9.17, 15) is 4.39 Å². The Balaban J connectivity index is 1.59. The fourth-order valence-electron chi connectivity index (χ4n) is 3.84. The lowest BCUT2D eigenvalue weighted by Gasteiger charge is -2.47. The molecule has 2 aliphatic rings. The van der Waals surface area contributed by atoms with Gasteiger partial charge in [0.05, 0.1) is 0 Å². The van der Waals surface area contributed by atoms with E-state index in [4.69, 9.17) is 5.73 Å². The Kier molecular flexibility index (Phi) is 4.08. The van der Waals surface area contributed by atoms with Gasteiger partial charge in [-0.15, -0.1) is 0 Å². The Morgan fingerprint density at radius 1 is 1.15 bits per heavy atom. The van der Waals surface area contributed by atoms with Gasteiger partial charge in [0, 0.05) is 25.2 Å². The molecule has 2 nitrogen and oxygen atoms in total. The van der Waals surface area contributed by atoms with Crippen LogP contribution >= 0.6 is 0 Å². The Morgan fingerprint density at radius 2 is 1.85 bits per heavy atom. The zero-order chi connectivity index (χ0) is 14.1. The number of hydrogen-bond donors (Lipinski definition) is 1. The molecule has 0 amide bonds. The molecule has 1 aliphatic carbocycles. The third-order valence-corrected chi connectivity index (χ3v) is 4.90. The number of halogens is 1. The molecule has 3 heteroatoms. The molecular formula is C17H25FN2. The Labute approximate surface area is 121 Å². The van der Waals surface area contributed by atoms with Gasteiger partial charge in [-0.25, -0.2) is 4.39 Å². The number of benzene rings is 1. The van der Waals surface area contributed by atoms with Crippen molar-refractivity contribution >= 4 is 0 Å². The molecule has 1 saturated heterocycles. The van der Waals surface area contributed by atoms with Crippen molar-refractivity contribution in [3.8, 4) is 0 Å². The van der Waals surface area contributed by atoms with Gasteiger partial charge in [-0.05, 0) is 55.2 Å². The summed E-state index contributed by atoms with van der Waals surface area (Å²) in [4.78, 5) is 2.60. The van der Waals surface area contributed by atoms with Gasteiger partial charge in [0.1, 0.15) is 5.82 Å². The van der Waals surface area contributed by atoms with Gasteiger partial charge in [0.25, 0.3) is 0 Å². The van der Waals surface area contributed by atoms with Crippen molar-refractivity contribution in [1.82, 2.24) is 4.90 Å². The minimum absolute atomic E-state index is 0.154. The third-order valence-electron chi connectivity index (χ3n) is 4.90. The summed E-state index contributed by atoms with van der Waals surface area (Å²) in [5, 5.41) is 0. The van der Waals surface area contributed by atoms with Gasteiger partial charge in [-0.1, -0.05) is 19.1 Å². The molecule has 1 aliphatic heterocycles. The Morgan fingerprint density at radius 3 is 2.50 bits per heavy atom.